The highest BCUT2D eigenvalue weighted by Gasteiger charge is 2.18. The first-order valence-electron chi connectivity index (χ1n) is 7.35. The number of piperazine rings is 1. The molecule has 0 aliphatic carbocycles. The van der Waals surface area contributed by atoms with E-state index < -0.39 is 0 Å². The lowest BCUT2D eigenvalue weighted by Gasteiger charge is -2.35. The van der Waals surface area contributed by atoms with Crippen molar-refractivity contribution in [1.82, 2.24) is 9.80 Å². The van der Waals surface area contributed by atoms with E-state index in [2.05, 4.69) is 30.2 Å². The van der Waals surface area contributed by atoms with Crippen molar-refractivity contribution < 1.29 is 5.11 Å². The molecule has 0 saturated carbocycles. The van der Waals surface area contributed by atoms with Crippen LogP contribution in [-0.2, 0) is 0 Å². The maximum atomic E-state index is 9.87. The second-order valence-corrected chi connectivity index (χ2v) is 5.84. The molecular formula is C15H30N2O. The Balaban J connectivity index is 2.12. The minimum Gasteiger partial charge on any atom is -0.392 e. The smallest absolute Gasteiger partial charge is 0.0670 e. The van der Waals surface area contributed by atoms with Crippen LogP contribution >= 0.6 is 0 Å². The molecule has 0 amide bonds. The van der Waals surface area contributed by atoms with Gasteiger partial charge >= 0.3 is 0 Å². The van der Waals surface area contributed by atoms with E-state index in [9.17, 15) is 5.11 Å². The monoisotopic (exact) mass is 254 g/mol. The molecule has 1 N–H and O–H groups in total. The fraction of sp³-hybridized carbons (Fsp3) is 0.867. The van der Waals surface area contributed by atoms with Gasteiger partial charge in [0.1, 0.15) is 0 Å². The molecule has 1 unspecified atom stereocenters. The molecule has 1 aliphatic rings. The van der Waals surface area contributed by atoms with Gasteiger partial charge in [-0.15, -0.1) is 6.58 Å². The lowest BCUT2D eigenvalue weighted by atomic mass is 10.1. The van der Waals surface area contributed by atoms with Gasteiger partial charge in [-0.2, -0.15) is 0 Å². The fourth-order valence-corrected chi connectivity index (χ4v) is 2.34. The summed E-state index contributed by atoms with van der Waals surface area (Å²) in [7, 11) is 0. The molecule has 0 spiro atoms. The SMILES string of the molecule is C=CCCC(O)CN1CCN(CCC(C)C)CC1. The topological polar surface area (TPSA) is 26.7 Å². The number of rotatable bonds is 8. The van der Waals surface area contributed by atoms with Gasteiger partial charge in [0.05, 0.1) is 6.10 Å². The van der Waals surface area contributed by atoms with Gasteiger partial charge in [0, 0.05) is 32.7 Å². The Bertz CT molecular complexity index is 223. The lowest BCUT2D eigenvalue weighted by Crippen LogP contribution is -2.48. The Hall–Kier alpha value is -0.380. The van der Waals surface area contributed by atoms with Gasteiger partial charge in [-0.05, 0) is 31.7 Å². The van der Waals surface area contributed by atoms with Crippen molar-refractivity contribution in [2.45, 2.75) is 39.2 Å². The minimum atomic E-state index is -0.190. The van der Waals surface area contributed by atoms with E-state index in [0.29, 0.717) is 0 Å². The van der Waals surface area contributed by atoms with Crippen molar-refractivity contribution >= 4 is 0 Å². The molecule has 3 nitrogen and oxygen atoms in total. The maximum absolute atomic E-state index is 9.87. The molecule has 1 aliphatic heterocycles. The van der Waals surface area contributed by atoms with E-state index in [-0.39, 0.29) is 6.10 Å². The maximum Gasteiger partial charge on any atom is 0.0670 e. The first-order chi connectivity index (χ1) is 8.61. The zero-order valence-corrected chi connectivity index (χ0v) is 12.1. The number of hydrogen-bond acceptors (Lipinski definition) is 3. The molecule has 0 aromatic rings. The lowest BCUT2D eigenvalue weighted by molar-refractivity contribution is 0.0678. The Kier molecular flexibility index (Phi) is 7.56. The molecule has 18 heavy (non-hydrogen) atoms. The van der Waals surface area contributed by atoms with E-state index in [1.807, 2.05) is 6.08 Å². The van der Waals surface area contributed by atoms with Crippen LogP contribution in [0, 0.1) is 5.92 Å². The van der Waals surface area contributed by atoms with Crippen molar-refractivity contribution in [2.24, 2.45) is 5.92 Å². The Morgan fingerprint density at radius 3 is 2.28 bits per heavy atom. The van der Waals surface area contributed by atoms with Crippen molar-refractivity contribution in [2.75, 3.05) is 39.3 Å². The van der Waals surface area contributed by atoms with Crippen LogP contribution in [0.15, 0.2) is 12.7 Å². The van der Waals surface area contributed by atoms with Crippen LogP contribution in [-0.4, -0.2) is 60.3 Å². The largest absolute Gasteiger partial charge is 0.392 e. The van der Waals surface area contributed by atoms with Crippen molar-refractivity contribution in [3.63, 3.8) is 0 Å². The Morgan fingerprint density at radius 2 is 1.72 bits per heavy atom. The summed E-state index contributed by atoms with van der Waals surface area (Å²) in [4.78, 5) is 4.94. The normalized spacial score (nSPS) is 20.2. The quantitative estimate of drug-likeness (QED) is 0.671. The molecule has 0 aromatic carbocycles. The van der Waals surface area contributed by atoms with Crippen molar-refractivity contribution in [3.05, 3.63) is 12.7 Å². The summed E-state index contributed by atoms with van der Waals surface area (Å²) in [6, 6.07) is 0. The summed E-state index contributed by atoms with van der Waals surface area (Å²) in [5.41, 5.74) is 0. The van der Waals surface area contributed by atoms with Gasteiger partial charge in [-0.25, -0.2) is 0 Å². The van der Waals surface area contributed by atoms with E-state index in [1.165, 1.54) is 13.0 Å². The van der Waals surface area contributed by atoms with Gasteiger partial charge in [-0.1, -0.05) is 19.9 Å². The van der Waals surface area contributed by atoms with Crippen LogP contribution < -0.4 is 0 Å². The molecule has 1 rings (SSSR count). The number of allylic oxidation sites excluding steroid dienone is 1. The van der Waals surface area contributed by atoms with Crippen molar-refractivity contribution in [3.8, 4) is 0 Å². The molecule has 3 heteroatoms. The number of nitrogens with zero attached hydrogens (tertiary/aromatic N) is 2. The summed E-state index contributed by atoms with van der Waals surface area (Å²) in [6.07, 6.45) is 4.74. The third-order valence-electron chi connectivity index (χ3n) is 3.66. The molecule has 1 fully saturated rings. The highest BCUT2D eigenvalue weighted by atomic mass is 16.3. The number of β-amino-alcohol motifs (C(OH)–C–C–N with tert-alkyl or cyclic N) is 1. The predicted octanol–water partition coefficient (Wildman–Crippen LogP) is 1.98. The summed E-state index contributed by atoms with van der Waals surface area (Å²) >= 11 is 0. The molecular weight excluding hydrogens is 224 g/mol. The zero-order chi connectivity index (χ0) is 13.4. The summed E-state index contributed by atoms with van der Waals surface area (Å²) in [6.45, 7) is 14.8. The molecule has 0 aromatic heterocycles. The van der Waals surface area contributed by atoms with Crippen LogP contribution in [0.1, 0.15) is 33.1 Å². The third-order valence-corrected chi connectivity index (χ3v) is 3.66. The van der Waals surface area contributed by atoms with Gasteiger partial charge in [-0.3, -0.25) is 4.90 Å². The molecule has 106 valence electrons. The van der Waals surface area contributed by atoms with Crippen LogP contribution in [0.4, 0.5) is 0 Å². The summed E-state index contributed by atoms with van der Waals surface area (Å²) in [5, 5.41) is 9.87. The first-order valence-corrected chi connectivity index (χ1v) is 7.35. The van der Waals surface area contributed by atoms with E-state index in [4.69, 9.17) is 0 Å². The number of aliphatic hydroxyl groups is 1. The average Bonchev–Trinajstić information content (AvgIpc) is 2.35. The average molecular weight is 254 g/mol. The highest BCUT2D eigenvalue weighted by molar-refractivity contribution is 4.76. The molecule has 1 heterocycles. The van der Waals surface area contributed by atoms with Crippen LogP contribution in [0.2, 0.25) is 0 Å². The second kappa shape index (κ2) is 8.68. The molecule has 1 saturated heterocycles. The third kappa shape index (κ3) is 6.53. The highest BCUT2D eigenvalue weighted by Crippen LogP contribution is 2.08. The minimum absolute atomic E-state index is 0.190. The van der Waals surface area contributed by atoms with E-state index in [1.54, 1.807) is 0 Å². The predicted molar refractivity (Wildman–Crippen MR) is 77.8 cm³/mol. The van der Waals surface area contributed by atoms with Crippen molar-refractivity contribution in [1.29, 1.82) is 0 Å². The fourth-order valence-electron chi connectivity index (χ4n) is 2.34. The van der Waals surface area contributed by atoms with E-state index >= 15 is 0 Å². The van der Waals surface area contributed by atoms with Gasteiger partial charge in [0.15, 0.2) is 0 Å². The number of hydrogen-bond donors (Lipinski definition) is 1. The zero-order valence-electron chi connectivity index (χ0n) is 12.1. The molecule has 0 radical (unpaired) electrons. The van der Waals surface area contributed by atoms with Gasteiger partial charge in [0.25, 0.3) is 0 Å². The summed E-state index contributed by atoms with van der Waals surface area (Å²) < 4.78 is 0. The van der Waals surface area contributed by atoms with E-state index in [0.717, 1.165) is 51.5 Å². The Morgan fingerprint density at radius 1 is 1.11 bits per heavy atom. The van der Waals surface area contributed by atoms with Gasteiger partial charge in [0.2, 0.25) is 0 Å². The van der Waals surface area contributed by atoms with Crippen LogP contribution in [0.5, 0.6) is 0 Å². The standard InChI is InChI=1S/C15H30N2O/c1-4-5-6-15(18)13-17-11-9-16(10-12-17)8-7-14(2)3/h4,14-15,18H,1,5-13H2,2-3H3. The first kappa shape index (κ1) is 15.7. The molecule has 0 bridgehead atoms. The van der Waals surface area contributed by atoms with Crippen LogP contribution in [0.3, 0.4) is 0 Å². The van der Waals surface area contributed by atoms with Gasteiger partial charge < -0.3 is 10.0 Å². The number of aliphatic hydroxyl groups excluding tert-OH is 1. The Labute approximate surface area is 112 Å². The second-order valence-electron chi connectivity index (χ2n) is 5.84. The van der Waals surface area contributed by atoms with Crippen LogP contribution in [0.25, 0.3) is 0 Å². The summed E-state index contributed by atoms with van der Waals surface area (Å²) in [5.74, 6) is 0.795. The molecule has 1 atom stereocenters.